The Labute approximate surface area is 158 Å². The molecular formula is C21H26N4O2. The highest BCUT2D eigenvalue weighted by atomic mass is 16.2. The van der Waals surface area contributed by atoms with Crippen LogP contribution in [0.3, 0.4) is 0 Å². The zero-order chi connectivity index (χ0) is 19.0. The van der Waals surface area contributed by atoms with Gasteiger partial charge in [0.25, 0.3) is 5.56 Å². The lowest BCUT2D eigenvalue weighted by atomic mass is 10.1. The maximum absolute atomic E-state index is 13.5. The molecule has 6 nitrogen and oxygen atoms in total. The van der Waals surface area contributed by atoms with Crippen molar-refractivity contribution >= 4 is 22.5 Å². The Morgan fingerprint density at radius 3 is 2.56 bits per heavy atom. The number of likely N-dealkylation sites (tertiary alicyclic amines) is 1. The van der Waals surface area contributed by atoms with Crippen LogP contribution in [0.1, 0.15) is 50.8 Å². The zero-order valence-electron chi connectivity index (χ0n) is 16.0. The summed E-state index contributed by atoms with van der Waals surface area (Å²) >= 11 is 0. The van der Waals surface area contributed by atoms with E-state index in [2.05, 4.69) is 4.98 Å². The fraction of sp³-hybridized carbons (Fsp3) is 0.476. The fourth-order valence-corrected chi connectivity index (χ4v) is 4.27. The predicted molar refractivity (Wildman–Crippen MR) is 106 cm³/mol. The van der Waals surface area contributed by atoms with Gasteiger partial charge in [0, 0.05) is 30.2 Å². The molecule has 3 aromatic rings. The van der Waals surface area contributed by atoms with Crippen LogP contribution in [0.2, 0.25) is 0 Å². The topological polar surface area (TPSA) is 59.6 Å². The molecule has 1 aliphatic heterocycles. The SMILES string of the molecule is CC[C@@H](C(=O)N1CCCCCC1)n1c2ccccc2c2nc(=O)cc(C)n21. The molecule has 1 atom stereocenters. The van der Waals surface area contributed by atoms with E-state index in [0.29, 0.717) is 12.1 Å². The number of hydrogen-bond acceptors (Lipinski definition) is 3. The van der Waals surface area contributed by atoms with E-state index < -0.39 is 0 Å². The van der Waals surface area contributed by atoms with E-state index in [-0.39, 0.29) is 17.5 Å². The smallest absolute Gasteiger partial charge is 0.273 e. The average molecular weight is 366 g/mol. The van der Waals surface area contributed by atoms with Crippen molar-refractivity contribution in [2.45, 2.75) is 52.0 Å². The van der Waals surface area contributed by atoms with Crippen molar-refractivity contribution in [1.82, 2.24) is 19.1 Å². The summed E-state index contributed by atoms with van der Waals surface area (Å²) in [6, 6.07) is 9.11. The number of hydrogen-bond donors (Lipinski definition) is 0. The molecule has 1 saturated heterocycles. The summed E-state index contributed by atoms with van der Waals surface area (Å²) in [5.41, 5.74) is 2.11. The molecule has 1 aromatic carbocycles. The van der Waals surface area contributed by atoms with E-state index in [1.54, 1.807) is 0 Å². The Balaban J connectivity index is 1.92. The van der Waals surface area contributed by atoms with Crippen LogP contribution >= 0.6 is 0 Å². The molecule has 1 aliphatic rings. The minimum atomic E-state index is -0.312. The molecule has 2 aromatic heterocycles. The normalized spacial score (nSPS) is 16.6. The van der Waals surface area contributed by atoms with E-state index in [4.69, 9.17) is 0 Å². The van der Waals surface area contributed by atoms with Crippen LogP contribution in [0, 0.1) is 6.92 Å². The first-order valence-electron chi connectivity index (χ1n) is 9.90. The molecule has 4 rings (SSSR count). The first-order valence-corrected chi connectivity index (χ1v) is 9.90. The summed E-state index contributed by atoms with van der Waals surface area (Å²) < 4.78 is 3.98. The van der Waals surface area contributed by atoms with Gasteiger partial charge < -0.3 is 4.90 Å². The number of amides is 1. The van der Waals surface area contributed by atoms with Crippen LogP contribution in [-0.2, 0) is 4.79 Å². The summed E-state index contributed by atoms with van der Waals surface area (Å²) in [6.07, 6.45) is 5.22. The van der Waals surface area contributed by atoms with Crippen LogP contribution in [0.15, 0.2) is 35.1 Å². The highest BCUT2D eigenvalue weighted by Crippen LogP contribution is 2.28. The van der Waals surface area contributed by atoms with Gasteiger partial charge in [-0.15, -0.1) is 0 Å². The molecule has 0 bridgehead atoms. The first kappa shape index (κ1) is 17.8. The third-order valence-corrected chi connectivity index (χ3v) is 5.58. The van der Waals surface area contributed by atoms with Gasteiger partial charge >= 0.3 is 0 Å². The number of carbonyl (C=O) groups is 1. The maximum atomic E-state index is 13.5. The van der Waals surface area contributed by atoms with Crippen molar-refractivity contribution in [1.29, 1.82) is 0 Å². The Hall–Kier alpha value is -2.63. The van der Waals surface area contributed by atoms with Gasteiger partial charge in [-0.05, 0) is 38.3 Å². The van der Waals surface area contributed by atoms with Crippen LogP contribution in [0.5, 0.6) is 0 Å². The molecule has 0 spiro atoms. The van der Waals surface area contributed by atoms with E-state index >= 15 is 0 Å². The van der Waals surface area contributed by atoms with Crippen molar-refractivity contribution in [3.63, 3.8) is 0 Å². The Morgan fingerprint density at radius 2 is 1.85 bits per heavy atom. The molecule has 0 aliphatic carbocycles. The third kappa shape index (κ3) is 3.03. The average Bonchev–Trinajstić information content (AvgIpc) is 2.83. The predicted octanol–water partition coefficient (Wildman–Crippen LogP) is 3.31. The van der Waals surface area contributed by atoms with Gasteiger partial charge in [0.15, 0.2) is 5.65 Å². The van der Waals surface area contributed by atoms with Gasteiger partial charge in [0.2, 0.25) is 5.91 Å². The maximum Gasteiger partial charge on any atom is 0.273 e. The van der Waals surface area contributed by atoms with E-state index in [9.17, 15) is 9.59 Å². The van der Waals surface area contributed by atoms with Crippen molar-refractivity contribution in [2.75, 3.05) is 13.1 Å². The number of fused-ring (bicyclic) bond motifs is 3. The molecule has 6 heteroatoms. The van der Waals surface area contributed by atoms with Crippen molar-refractivity contribution in [2.24, 2.45) is 0 Å². The third-order valence-electron chi connectivity index (χ3n) is 5.58. The molecule has 142 valence electrons. The van der Waals surface area contributed by atoms with Crippen LogP contribution in [-0.4, -0.2) is 38.1 Å². The van der Waals surface area contributed by atoms with Crippen LogP contribution in [0.25, 0.3) is 16.6 Å². The van der Waals surface area contributed by atoms with E-state index in [1.165, 1.54) is 18.9 Å². The first-order chi connectivity index (χ1) is 13.1. The van der Waals surface area contributed by atoms with E-state index in [0.717, 1.165) is 42.5 Å². The highest BCUT2D eigenvalue weighted by Gasteiger charge is 2.28. The highest BCUT2D eigenvalue weighted by molar-refractivity contribution is 5.94. The fourth-order valence-electron chi connectivity index (χ4n) is 4.27. The van der Waals surface area contributed by atoms with E-state index in [1.807, 2.05) is 52.2 Å². The van der Waals surface area contributed by atoms with Crippen LogP contribution in [0.4, 0.5) is 0 Å². The number of aromatic nitrogens is 3. The summed E-state index contributed by atoms with van der Waals surface area (Å²) in [5, 5.41) is 0.903. The molecular weight excluding hydrogens is 340 g/mol. The lowest BCUT2D eigenvalue weighted by Crippen LogP contribution is -2.39. The van der Waals surface area contributed by atoms with Gasteiger partial charge in [-0.1, -0.05) is 31.9 Å². The molecule has 0 unspecified atom stereocenters. The number of benzene rings is 1. The number of nitrogens with zero attached hydrogens (tertiary/aromatic N) is 4. The number of para-hydroxylation sites is 1. The second-order valence-electron chi connectivity index (χ2n) is 7.40. The molecule has 3 heterocycles. The van der Waals surface area contributed by atoms with Gasteiger partial charge in [0.05, 0.1) is 5.52 Å². The molecule has 27 heavy (non-hydrogen) atoms. The number of rotatable bonds is 3. The van der Waals surface area contributed by atoms with Gasteiger partial charge in [-0.25, -0.2) is 4.52 Å². The summed E-state index contributed by atoms with van der Waals surface area (Å²) in [6.45, 7) is 5.61. The summed E-state index contributed by atoms with van der Waals surface area (Å²) in [4.78, 5) is 31.7. The van der Waals surface area contributed by atoms with Gasteiger partial charge in [-0.3, -0.25) is 14.3 Å². The number of carbonyl (C=O) groups excluding carboxylic acids is 1. The molecule has 1 amide bonds. The summed E-state index contributed by atoms with van der Waals surface area (Å²) in [5.74, 6) is 0.167. The van der Waals surface area contributed by atoms with Gasteiger partial charge in [-0.2, -0.15) is 4.98 Å². The second-order valence-corrected chi connectivity index (χ2v) is 7.40. The molecule has 1 fully saturated rings. The quantitative estimate of drug-likeness (QED) is 0.714. The Bertz CT molecular complexity index is 1040. The molecule has 0 saturated carbocycles. The number of aryl methyl sites for hydroxylation is 1. The van der Waals surface area contributed by atoms with Crippen molar-refractivity contribution < 1.29 is 4.79 Å². The van der Waals surface area contributed by atoms with Crippen LogP contribution < -0.4 is 5.56 Å². The molecule has 0 radical (unpaired) electrons. The monoisotopic (exact) mass is 366 g/mol. The van der Waals surface area contributed by atoms with Gasteiger partial charge in [0.1, 0.15) is 6.04 Å². The summed E-state index contributed by atoms with van der Waals surface area (Å²) in [7, 11) is 0. The lowest BCUT2D eigenvalue weighted by molar-refractivity contribution is -0.135. The second kappa shape index (κ2) is 7.18. The van der Waals surface area contributed by atoms with Crippen molar-refractivity contribution in [3.05, 3.63) is 46.4 Å². The Kier molecular flexibility index (Phi) is 4.72. The lowest BCUT2D eigenvalue weighted by Gasteiger charge is -2.27. The minimum Gasteiger partial charge on any atom is -0.341 e. The largest absolute Gasteiger partial charge is 0.341 e. The van der Waals surface area contributed by atoms with Crippen molar-refractivity contribution in [3.8, 4) is 0 Å². The zero-order valence-corrected chi connectivity index (χ0v) is 16.0. The molecule has 0 N–H and O–H groups in total. The minimum absolute atomic E-state index is 0.167. The Morgan fingerprint density at radius 1 is 1.15 bits per heavy atom. The standard InChI is InChI=1S/C21H26N4O2/c1-3-17(21(27)23-12-8-4-5-9-13-23)25-18-11-7-6-10-16(18)20-22-19(26)14-15(2)24(20)25/h6-7,10-11,14,17H,3-5,8-9,12-13H2,1-2H3/t17-/m0/s1.